The van der Waals surface area contributed by atoms with Gasteiger partial charge in [0.05, 0.1) is 11.1 Å². The van der Waals surface area contributed by atoms with Crippen LogP contribution in [0.3, 0.4) is 0 Å². The number of fused-ring (bicyclic) bond motifs is 9. The first-order valence-electron chi connectivity index (χ1n) is 18.8. The predicted molar refractivity (Wildman–Crippen MR) is 228 cm³/mol. The molecule has 10 aromatic rings. The molecule has 1 heteroatoms. The van der Waals surface area contributed by atoms with Crippen LogP contribution in [0, 0.1) is 0 Å². The monoisotopic (exact) mass is 685 g/mol. The number of benzene rings is 10. The third kappa shape index (κ3) is 4.45. The Hall–Kier alpha value is -6.96. The first-order valence-corrected chi connectivity index (χ1v) is 18.8. The molecule has 0 unspecified atom stereocenters. The van der Waals surface area contributed by atoms with Crippen LogP contribution < -0.4 is 4.90 Å². The molecule has 10 aromatic carbocycles. The van der Waals surface area contributed by atoms with E-state index in [-0.39, 0.29) is 0 Å². The molecule has 0 fully saturated rings. The zero-order valence-electron chi connectivity index (χ0n) is 29.7. The molecule has 0 heterocycles. The molecule has 1 nitrogen and oxygen atoms in total. The van der Waals surface area contributed by atoms with Gasteiger partial charge in [-0.1, -0.05) is 182 Å². The highest BCUT2D eigenvalue weighted by Gasteiger charge is 2.47. The Morgan fingerprint density at radius 1 is 0.315 bits per heavy atom. The fourth-order valence-corrected chi connectivity index (χ4v) is 9.37. The molecule has 1 aliphatic carbocycles. The van der Waals surface area contributed by atoms with Gasteiger partial charge in [0.25, 0.3) is 0 Å². The van der Waals surface area contributed by atoms with Crippen molar-refractivity contribution in [3.63, 3.8) is 0 Å². The van der Waals surface area contributed by atoms with Crippen LogP contribution >= 0.6 is 0 Å². The minimum Gasteiger partial charge on any atom is -0.310 e. The van der Waals surface area contributed by atoms with Gasteiger partial charge in [-0.25, -0.2) is 0 Å². The van der Waals surface area contributed by atoms with Crippen LogP contribution in [-0.4, -0.2) is 0 Å². The summed E-state index contributed by atoms with van der Waals surface area (Å²) in [5.74, 6) is 0. The number of hydrogen-bond acceptors (Lipinski definition) is 1. The minimum atomic E-state index is -0.485. The summed E-state index contributed by atoms with van der Waals surface area (Å²) in [6.45, 7) is 0. The molecule has 0 radical (unpaired) electrons. The minimum absolute atomic E-state index is 0.485. The number of anilines is 3. The quantitative estimate of drug-likeness (QED) is 0.163. The molecule has 0 bridgehead atoms. The molecular weight excluding hydrogens is 651 g/mol. The van der Waals surface area contributed by atoms with Gasteiger partial charge in [0.15, 0.2) is 0 Å². The van der Waals surface area contributed by atoms with E-state index in [0.717, 1.165) is 17.1 Å². The Morgan fingerprint density at radius 3 is 1.37 bits per heavy atom. The molecule has 252 valence electrons. The molecule has 0 atom stereocenters. The number of nitrogens with zero attached hydrogens (tertiary/aromatic N) is 1. The fourth-order valence-electron chi connectivity index (χ4n) is 9.37. The van der Waals surface area contributed by atoms with Crippen molar-refractivity contribution in [2.75, 3.05) is 4.90 Å². The van der Waals surface area contributed by atoms with Crippen LogP contribution in [0.4, 0.5) is 17.1 Å². The standard InChI is InChI=1S/C53H35N/c1-3-16-40(17-4-1)53(41-18-5-2-6-19-41)49-23-12-11-22-48(49)52-50(53)24-13-25-51(52)54(42-30-32-46-38(34-42)28-26-36-14-7-9-20-44(36)46)43-31-33-47-39(35-43)29-27-37-15-8-10-21-45(37)47/h1-35H. The van der Waals surface area contributed by atoms with E-state index in [2.05, 4.69) is 217 Å². The smallest absolute Gasteiger partial charge is 0.0714 e. The van der Waals surface area contributed by atoms with E-state index >= 15 is 0 Å². The molecule has 11 rings (SSSR count). The second-order valence-electron chi connectivity index (χ2n) is 14.4. The highest BCUT2D eigenvalue weighted by molar-refractivity contribution is 6.11. The van der Waals surface area contributed by atoms with Gasteiger partial charge in [0.2, 0.25) is 0 Å². The van der Waals surface area contributed by atoms with Crippen LogP contribution in [0.15, 0.2) is 212 Å². The van der Waals surface area contributed by atoms with Gasteiger partial charge in [0, 0.05) is 16.9 Å². The normalized spacial score (nSPS) is 13.0. The first kappa shape index (κ1) is 30.6. The molecule has 0 spiro atoms. The summed E-state index contributed by atoms with van der Waals surface area (Å²) >= 11 is 0. The molecule has 54 heavy (non-hydrogen) atoms. The molecule has 0 N–H and O–H groups in total. The van der Waals surface area contributed by atoms with Crippen LogP contribution in [0.5, 0.6) is 0 Å². The van der Waals surface area contributed by atoms with Gasteiger partial charge >= 0.3 is 0 Å². The van der Waals surface area contributed by atoms with Gasteiger partial charge < -0.3 is 4.90 Å². The summed E-state index contributed by atoms with van der Waals surface area (Å²) < 4.78 is 0. The maximum atomic E-state index is 2.49. The van der Waals surface area contributed by atoms with Gasteiger partial charge in [-0.05, 0) is 101 Å². The van der Waals surface area contributed by atoms with Crippen molar-refractivity contribution in [2.45, 2.75) is 5.41 Å². The number of rotatable bonds is 5. The molecule has 0 aromatic heterocycles. The van der Waals surface area contributed by atoms with Crippen LogP contribution in [0.25, 0.3) is 54.2 Å². The topological polar surface area (TPSA) is 3.24 Å². The van der Waals surface area contributed by atoms with Crippen molar-refractivity contribution in [2.24, 2.45) is 0 Å². The van der Waals surface area contributed by atoms with Crippen LogP contribution in [0.1, 0.15) is 22.3 Å². The SMILES string of the molecule is c1ccc(C2(c3ccccc3)c3ccccc3-c3c(N(c4ccc5c(ccc6ccccc65)c4)c4ccc5c(ccc6ccccc65)c4)cccc32)cc1. The Bertz CT molecular complexity index is 2890. The molecule has 0 aliphatic heterocycles. The average Bonchev–Trinajstić information content (AvgIpc) is 3.56. The summed E-state index contributed by atoms with van der Waals surface area (Å²) in [6.07, 6.45) is 0. The van der Waals surface area contributed by atoms with Crippen molar-refractivity contribution in [1.82, 2.24) is 0 Å². The maximum Gasteiger partial charge on any atom is 0.0714 e. The zero-order valence-corrected chi connectivity index (χ0v) is 29.7. The lowest BCUT2D eigenvalue weighted by molar-refractivity contribution is 0.768. The van der Waals surface area contributed by atoms with Crippen molar-refractivity contribution in [1.29, 1.82) is 0 Å². The Balaban J connectivity index is 1.22. The lowest BCUT2D eigenvalue weighted by Crippen LogP contribution is -2.28. The highest BCUT2D eigenvalue weighted by atomic mass is 15.1. The van der Waals surface area contributed by atoms with Gasteiger partial charge in [-0.2, -0.15) is 0 Å². The van der Waals surface area contributed by atoms with Crippen molar-refractivity contribution in [3.8, 4) is 11.1 Å². The molecule has 0 saturated carbocycles. The van der Waals surface area contributed by atoms with Gasteiger partial charge in [-0.15, -0.1) is 0 Å². The van der Waals surface area contributed by atoms with E-state index in [1.807, 2.05) is 0 Å². The predicted octanol–water partition coefficient (Wildman–Crippen LogP) is 14.1. The summed E-state index contributed by atoms with van der Waals surface area (Å²) in [4.78, 5) is 2.49. The maximum absolute atomic E-state index is 2.49. The largest absolute Gasteiger partial charge is 0.310 e. The van der Waals surface area contributed by atoms with E-state index in [1.165, 1.54) is 76.5 Å². The van der Waals surface area contributed by atoms with Gasteiger partial charge in [0.1, 0.15) is 0 Å². The Kier molecular flexibility index (Phi) is 6.84. The Labute approximate surface area is 315 Å². The molecule has 1 aliphatic rings. The van der Waals surface area contributed by atoms with E-state index in [1.54, 1.807) is 0 Å². The summed E-state index contributed by atoms with van der Waals surface area (Å²) in [5.41, 5.74) is 10.6. The van der Waals surface area contributed by atoms with Crippen molar-refractivity contribution < 1.29 is 0 Å². The second-order valence-corrected chi connectivity index (χ2v) is 14.4. The van der Waals surface area contributed by atoms with Crippen LogP contribution in [-0.2, 0) is 5.41 Å². The average molecular weight is 686 g/mol. The van der Waals surface area contributed by atoms with E-state index in [4.69, 9.17) is 0 Å². The van der Waals surface area contributed by atoms with Crippen LogP contribution in [0.2, 0.25) is 0 Å². The summed E-state index contributed by atoms with van der Waals surface area (Å²) in [7, 11) is 0. The Morgan fingerprint density at radius 2 is 0.778 bits per heavy atom. The lowest BCUT2D eigenvalue weighted by Gasteiger charge is -2.34. The molecule has 0 saturated heterocycles. The summed E-state index contributed by atoms with van der Waals surface area (Å²) in [6, 6.07) is 78.5. The van der Waals surface area contributed by atoms with Crippen molar-refractivity contribution >= 4 is 60.2 Å². The van der Waals surface area contributed by atoms with E-state index in [0.29, 0.717) is 0 Å². The highest BCUT2D eigenvalue weighted by Crippen LogP contribution is 2.59. The summed E-state index contributed by atoms with van der Waals surface area (Å²) in [5, 5.41) is 10.0. The van der Waals surface area contributed by atoms with Gasteiger partial charge in [-0.3, -0.25) is 0 Å². The third-order valence-corrected chi connectivity index (χ3v) is 11.7. The van der Waals surface area contributed by atoms with Crippen molar-refractivity contribution in [3.05, 3.63) is 235 Å². The third-order valence-electron chi connectivity index (χ3n) is 11.7. The lowest BCUT2D eigenvalue weighted by atomic mass is 9.68. The number of hydrogen-bond donors (Lipinski definition) is 0. The first-order chi connectivity index (χ1) is 26.8. The second kappa shape index (κ2) is 12.0. The van der Waals surface area contributed by atoms with E-state index in [9.17, 15) is 0 Å². The van der Waals surface area contributed by atoms with E-state index < -0.39 is 5.41 Å². The molecular formula is C53H35N. The zero-order chi connectivity index (χ0) is 35.6. The fraction of sp³-hybridized carbons (Fsp3) is 0.0189. The molecule has 0 amide bonds.